The van der Waals surface area contributed by atoms with E-state index in [9.17, 15) is 4.79 Å². The Morgan fingerprint density at radius 2 is 1.94 bits per heavy atom. The first-order valence-electron chi connectivity index (χ1n) is 10.1. The third kappa shape index (κ3) is 3.86. The Morgan fingerprint density at radius 1 is 1.13 bits per heavy atom. The highest BCUT2D eigenvalue weighted by Gasteiger charge is 2.18. The molecule has 4 aromatic rings. The number of aryl methyl sites for hydroxylation is 1. The second kappa shape index (κ2) is 8.03. The zero-order valence-corrected chi connectivity index (χ0v) is 17.4. The summed E-state index contributed by atoms with van der Waals surface area (Å²) in [6.45, 7) is 2.37. The van der Waals surface area contributed by atoms with Crippen LogP contribution in [0.3, 0.4) is 0 Å². The third-order valence-corrected chi connectivity index (χ3v) is 5.81. The molecule has 31 heavy (non-hydrogen) atoms. The van der Waals surface area contributed by atoms with Crippen molar-refractivity contribution in [1.29, 1.82) is 0 Å². The van der Waals surface area contributed by atoms with Gasteiger partial charge in [-0.3, -0.25) is 9.48 Å². The maximum absolute atomic E-state index is 10.8. The number of hydrogen-bond acceptors (Lipinski definition) is 6. The first-order chi connectivity index (χ1) is 15.1. The van der Waals surface area contributed by atoms with E-state index in [1.165, 1.54) is 12.8 Å². The van der Waals surface area contributed by atoms with Gasteiger partial charge in [0.2, 0.25) is 5.82 Å². The highest BCUT2D eigenvalue weighted by molar-refractivity contribution is 6.33. The quantitative estimate of drug-likeness (QED) is 0.474. The van der Waals surface area contributed by atoms with Crippen molar-refractivity contribution in [3.8, 4) is 22.8 Å². The van der Waals surface area contributed by atoms with Crippen molar-refractivity contribution in [1.82, 2.24) is 19.9 Å². The van der Waals surface area contributed by atoms with Gasteiger partial charge in [0.1, 0.15) is 0 Å². The molecule has 9 heteroatoms. The van der Waals surface area contributed by atoms with Gasteiger partial charge in [0, 0.05) is 29.6 Å². The summed E-state index contributed by atoms with van der Waals surface area (Å²) >= 11 is 6.52. The Kier molecular flexibility index (Phi) is 5.07. The molecule has 8 nitrogen and oxygen atoms in total. The van der Waals surface area contributed by atoms with Gasteiger partial charge >= 0.3 is 5.97 Å². The topological polar surface area (TPSA) is 97.3 Å². The first-order valence-corrected chi connectivity index (χ1v) is 10.5. The summed E-state index contributed by atoms with van der Waals surface area (Å²) in [6, 6.07) is 11.5. The van der Waals surface area contributed by atoms with E-state index in [0.29, 0.717) is 23.3 Å². The molecule has 1 fully saturated rings. The van der Waals surface area contributed by atoms with Crippen LogP contribution in [-0.2, 0) is 11.3 Å². The molecule has 0 radical (unpaired) electrons. The van der Waals surface area contributed by atoms with E-state index in [-0.39, 0.29) is 6.42 Å². The molecule has 5 rings (SSSR count). The van der Waals surface area contributed by atoms with Crippen molar-refractivity contribution in [2.75, 3.05) is 18.0 Å². The van der Waals surface area contributed by atoms with E-state index in [1.54, 1.807) is 10.9 Å². The molecule has 0 atom stereocenters. The average Bonchev–Trinajstić information content (AvgIpc) is 3.52. The Balaban J connectivity index is 1.39. The molecule has 2 aromatic carbocycles. The largest absolute Gasteiger partial charge is 0.481 e. The minimum atomic E-state index is -0.854. The van der Waals surface area contributed by atoms with E-state index in [0.717, 1.165) is 40.8 Å². The number of carboxylic acids is 1. The van der Waals surface area contributed by atoms with E-state index in [1.807, 2.05) is 36.4 Å². The lowest BCUT2D eigenvalue weighted by Gasteiger charge is -2.19. The van der Waals surface area contributed by atoms with Gasteiger partial charge in [-0.05, 0) is 49.2 Å². The maximum atomic E-state index is 10.8. The smallest absolute Gasteiger partial charge is 0.305 e. The Morgan fingerprint density at radius 3 is 2.71 bits per heavy atom. The number of anilines is 1. The molecule has 2 aromatic heterocycles. The van der Waals surface area contributed by atoms with E-state index < -0.39 is 5.97 Å². The molecule has 1 aliphatic rings. The second-order valence-electron chi connectivity index (χ2n) is 7.57. The van der Waals surface area contributed by atoms with Gasteiger partial charge in [-0.25, -0.2) is 0 Å². The van der Waals surface area contributed by atoms with Gasteiger partial charge in [0.05, 0.1) is 35.4 Å². The second-order valence-corrected chi connectivity index (χ2v) is 7.98. The Hall–Kier alpha value is -3.39. The van der Waals surface area contributed by atoms with Gasteiger partial charge in [0.15, 0.2) is 0 Å². The molecule has 0 unspecified atom stereocenters. The van der Waals surface area contributed by atoms with Gasteiger partial charge < -0.3 is 14.5 Å². The van der Waals surface area contributed by atoms with Crippen LogP contribution < -0.4 is 4.90 Å². The molecule has 3 heterocycles. The highest BCUT2D eigenvalue weighted by Crippen LogP contribution is 2.33. The average molecular weight is 438 g/mol. The third-order valence-electron chi connectivity index (χ3n) is 5.50. The molecular formula is C22H20ClN5O3. The van der Waals surface area contributed by atoms with Crippen molar-refractivity contribution >= 4 is 34.2 Å². The minimum Gasteiger partial charge on any atom is -0.481 e. The summed E-state index contributed by atoms with van der Waals surface area (Å²) in [4.78, 5) is 17.6. The van der Waals surface area contributed by atoms with Crippen LogP contribution in [0.4, 0.5) is 5.69 Å². The zero-order valence-electron chi connectivity index (χ0n) is 16.7. The monoisotopic (exact) mass is 437 g/mol. The van der Waals surface area contributed by atoms with Crippen LogP contribution in [0.5, 0.6) is 0 Å². The van der Waals surface area contributed by atoms with Crippen LogP contribution in [0.15, 0.2) is 47.1 Å². The molecule has 0 bridgehead atoms. The van der Waals surface area contributed by atoms with Crippen molar-refractivity contribution in [3.05, 3.63) is 47.6 Å². The number of carboxylic acid groups (broad SMARTS) is 1. The highest BCUT2D eigenvalue weighted by atomic mass is 35.5. The molecule has 0 saturated carbocycles. The fourth-order valence-corrected chi connectivity index (χ4v) is 4.22. The molecular weight excluding hydrogens is 418 g/mol. The molecule has 1 saturated heterocycles. The summed E-state index contributed by atoms with van der Waals surface area (Å²) < 4.78 is 7.17. The number of carbonyl (C=O) groups is 1. The van der Waals surface area contributed by atoms with Crippen molar-refractivity contribution in [2.45, 2.75) is 25.8 Å². The number of fused-ring (bicyclic) bond motifs is 1. The van der Waals surface area contributed by atoms with E-state index >= 15 is 0 Å². The molecule has 158 valence electrons. The SMILES string of the molecule is O=C(O)CCn1ncc2cc(-c3noc(-c4ccc(N5CCCC5)c(Cl)c4)n3)ccc21. The summed E-state index contributed by atoms with van der Waals surface area (Å²) in [5.41, 5.74) is 3.46. The van der Waals surface area contributed by atoms with Gasteiger partial charge in [-0.15, -0.1) is 0 Å². The molecule has 0 aliphatic carbocycles. The van der Waals surface area contributed by atoms with Crippen LogP contribution in [0.2, 0.25) is 5.02 Å². The lowest BCUT2D eigenvalue weighted by Crippen LogP contribution is -2.17. The fraction of sp³-hybridized carbons (Fsp3) is 0.273. The number of benzene rings is 2. The lowest BCUT2D eigenvalue weighted by molar-refractivity contribution is -0.137. The van der Waals surface area contributed by atoms with Gasteiger partial charge in [-0.2, -0.15) is 10.1 Å². The Bertz CT molecular complexity index is 1260. The predicted octanol–water partition coefficient (Wildman–Crippen LogP) is 4.48. The van der Waals surface area contributed by atoms with Crippen LogP contribution in [-0.4, -0.2) is 44.1 Å². The predicted molar refractivity (Wildman–Crippen MR) is 117 cm³/mol. The minimum absolute atomic E-state index is 0.0197. The maximum Gasteiger partial charge on any atom is 0.305 e. The molecule has 1 aliphatic heterocycles. The van der Waals surface area contributed by atoms with Crippen molar-refractivity contribution < 1.29 is 14.4 Å². The van der Waals surface area contributed by atoms with Crippen LogP contribution in [0.25, 0.3) is 33.7 Å². The number of nitrogens with zero attached hydrogens (tertiary/aromatic N) is 5. The van der Waals surface area contributed by atoms with Gasteiger partial charge in [0.25, 0.3) is 5.89 Å². The van der Waals surface area contributed by atoms with Gasteiger partial charge in [-0.1, -0.05) is 16.8 Å². The summed E-state index contributed by atoms with van der Waals surface area (Å²) in [6.07, 6.45) is 4.10. The number of hydrogen-bond donors (Lipinski definition) is 1. The van der Waals surface area contributed by atoms with E-state index in [2.05, 4.69) is 20.1 Å². The molecule has 0 amide bonds. The number of rotatable bonds is 6. The number of aliphatic carboxylic acids is 1. The zero-order chi connectivity index (χ0) is 21.4. The normalized spacial score (nSPS) is 13.9. The lowest BCUT2D eigenvalue weighted by atomic mass is 10.1. The van der Waals surface area contributed by atoms with Crippen LogP contribution in [0.1, 0.15) is 19.3 Å². The standard InChI is InChI=1S/C22H20ClN5O3/c23-17-12-15(4-6-19(17)27-8-1-2-9-27)22-25-21(26-31-22)14-3-5-18-16(11-14)13-24-28(18)10-7-20(29)30/h3-6,11-13H,1-2,7-10H2,(H,29,30). The Labute approximate surface area is 183 Å². The van der Waals surface area contributed by atoms with E-state index in [4.69, 9.17) is 21.2 Å². The molecule has 0 spiro atoms. The van der Waals surface area contributed by atoms with Crippen LogP contribution in [0, 0.1) is 0 Å². The summed E-state index contributed by atoms with van der Waals surface area (Å²) in [5, 5.41) is 18.8. The fourth-order valence-electron chi connectivity index (χ4n) is 3.92. The summed E-state index contributed by atoms with van der Waals surface area (Å²) in [7, 11) is 0. The number of halogens is 1. The number of aromatic nitrogens is 4. The van der Waals surface area contributed by atoms with Crippen molar-refractivity contribution in [2.24, 2.45) is 0 Å². The van der Waals surface area contributed by atoms with Crippen LogP contribution >= 0.6 is 11.6 Å². The summed E-state index contributed by atoms with van der Waals surface area (Å²) in [5.74, 6) is 0.0187. The first kappa shape index (κ1) is 19.6. The van der Waals surface area contributed by atoms with Crippen molar-refractivity contribution in [3.63, 3.8) is 0 Å². The molecule has 1 N–H and O–H groups in total.